The monoisotopic (exact) mass is 685 g/mol. The molecule has 0 atom stereocenters. The average Bonchev–Trinajstić information content (AvgIpc) is 3.70. The predicted octanol–water partition coefficient (Wildman–Crippen LogP) is 14.1. The first-order valence-corrected chi connectivity index (χ1v) is 20.1. The lowest BCUT2D eigenvalue weighted by molar-refractivity contribution is -0.0399. The molecule has 0 aliphatic heterocycles. The van der Waals surface area contributed by atoms with Crippen molar-refractivity contribution in [1.29, 1.82) is 0 Å². The minimum Gasteiger partial charge on any atom is -0.310 e. The number of rotatable bonds is 4. The van der Waals surface area contributed by atoms with Gasteiger partial charge in [-0.2, -0.15) is 0 Å². The number of nitrogens with zero attached hydrogens (tertiary/aromatic N) is 1. The number of fused-ring (bicyclic) bond motifs is 7. The molecule has 1 heterocycles. The van der Waals surface area contributed by atoms with Gasteiger partial charge in [0.05, 0.1) is 0 Å². The first-order valence-electron chi connectivity index (χ1n) is 19.3. The molecule has 0 unspecified atom stereocenters. The van der Waals surface area contributed by atoms with Crippen molar-refractivity contribution in [2.45, 2.75) is 37.5 Å². The third kappa shape index (κ3) is 4.05. The fraction of sp³-hybridized carbons (Fsp3) is 0.200. The minimum absolute atomic E-state index is 0.134. The average molecular weight is 686 g/mol. The van der Waals surface area contributed by atoms with E-state index in [0.29, 0.717) is 0 Å². The molecule has 2 heteroatoms. The van der Waals surface area contributed by atoms with Gasteiger partial charge in [0, 0.05) is 42.6 Å². The fourth-order valence-electron chi connectivity index (χ4n) is 11.8. The summed E-state index contributed by atoms with van der Waals surface area (Å²) in [6.07, 6.45) is 7.06. The molecule has 4 bridgehead atoms. The smallest absolute Gasteiger partial charge is 0.0476 e. The molecule has 1 spiro atoms. The van der Waals surface area contributed by atoms with E-state index in [1.54, 1.807) is 11.1 Å². The van der Waals surface area contributed by atoms with Crippen LogP contribution < -0.4 is 4.90 Å². The van der Waals surface area contributed by atoms with Crippen molar-refractivity contribution >= 4 is 59.3 Å². The Hall–Kier alpha value is -5.18. The highest BCUT2D eigenvalue weighted by Gasteiger charge is 2.61. The van der Waals surface area contributed by atoms with Gasteiger partial charge in [0.15, 0.2) is 0 Å². The van der Waals surface area contributed by atoms with Crippen molar-refractivity contribution in [3.05, 3.63) is 163 Å². The highest BCUT2D eigenvalue weighted by Crippen LogP contribution is 2.69. The summed E-state index contributed by atoms with van der Waals surface area (Å²) in [5.41, 5.74) is 12.5. The van der Waals surface area contributed by atoms with Gasteiger partial charge in [-0.3, -0.25) is 0 Å². The van der Waals surface area contributed by atoms with E-state index in [9.17, 15) is 0 Å². The van der Waals surface area contributed by atoms with Gasteiger partial charge in [-0.05, 0) is 142 Å². The van der Waals surface area contributed by atoms with Gasteiger partial charge in [-0.1, -0.05) is 109 Å². The van der Waals surface area contributed by atoms with Crippen LogP contribution in [0.25, 0.3) is 53.2 Å². The molecule has 5 aliphatic carbocycles. The lowest BCUT2D eigenvalue weighted by atomic mass is 9.43. The number of thiophene rings is 1. The van der Waals surface area contributed by atoms with E-state index in [0.717, 1.165) is 23.7 Å². The largest absolute Gasteiger partial charge is 0.310 e. The molecule has 0 saturated heterocycles. The molecule has 1 aromatic heterocycles. The Bertz CT molecular complexity index is 2680. The van der Waals surface area contributed by atoms with Crippen LogP contribution in [0.15, 0.2) is 152 Å². The molecule has 5 aliphatic rings. The van der Waals surface area contributed by atoms with Gasteiger partial charge < -0.3 is 4.90 Å². The van der Waals surface area contributed by atoms with Crippen molar-refractivity contribution in [2.24, 2.45) is 23.7 Å². The molecule has 0 N–H and O–H groups in total. The molecule has 0 amide bonds. The van der Waals surface area contributed by atoms with Crippen molar-refractivity contribution in [3.63, 3.8) is 0 Å². The van der Waals surface area contributed by atoms with Crippen molar-refractivity contribution in [3.8, 4) is 22.3 Å². The minimum atomic E-state index is 0.134. The van der Waals surface area contributed by atoms with Crippen LogP contribution in [-0.4, -0.2) is 0 Å². The van der Waals surface area contributed by atoms with E-state index in [4.69, 9.17) is 0 Å². The van der Waals surface area contributed by atoms with Crippen LogP contribution in [0.5, 0.6) is 0 Å². The van der Waals surface area contributed by atoms with Gasteiger partial charge in [0.1, 0.15) is 0 Å². The van der Waals surface area contributed by atoms with E-state index in [1.165, 1.54) is 102 Å². The quantitative estimate of drug-likeness (QED) is 0.178. The molecule has 4 fully saturated rings. The van der Waals surface area contributed by atoms with Gasteiger partial charge in [0.2, 0.25) is 0 Å². The summed E-state index contributed by atoms with van der Waals surface area (Å²) >= 11 is 1.90. The van der Waals surface area contributed by atoms with Gasteiger partial charge in [0.25, 0.3) is 0 Å². The number of benzene rings is 7. The molecule has 8 aromatic rings. The second-order valence-electron chi connectivity index (χ2n) is 16.1. The summed E-state index contributed by atoms with van der Waals surface area (Å²) in [6, 6.07) is 57.6. The first kappa shape index (κ1) is 29.4. The van der Waals surface area contributed by atoms with Crippen molar-refractivity contribution in [1.82, 2.24) is 0 Å². The van der Waals surface area contributed by atoms with Crippen LogP contribution in [0, 0.1) is 23.7 Å². The van der Waals surface area contributed by atoms with Crippen LogP contribution in [0.2, 0.25) is 0 Å². The maximum Gasteiger partial charge on any atom is 0.0476 e. The lowest BCUT2D eigenvalue weighted by Crippen LogP contribution is -2.55. The second kappa shape index (κ2) is 10.9. The Morgan fingerprint density at radius 1 is 0.442 bits per heavy atom. The number of hydrogen-bond donors (Lipinski definition) is 0. The van der Waals surface area contributed by atoms with Crippen LogP contribution in [-0.2, 0) is 5.41 Å². The maximum absolute atomic E-state index is 2.63. The molecule has 13 rings (SSSR count). The van der Waals surface area contributed by atoms with Crippen molar-refractivity contribution in [2.75, 3.05) is 4.90 Å². The highest BCUT2D eigenvalue weighted by molar-refractivity contribution is 7.25. The zero-order chi connectivity index (χ0) is 34.0. The van der Waals surface area contributed by atoms with Gasteiger partial charge in [-0.25, -0.2) is 0 Å². The van der Waals surface area contributed by atoms with Gasteiger partial charge in [-0.15, -0.1) is 11.3 Å². The van der Waals surface area contributed by atoms with Crippen LogP contribution in [0.4, 0.5) is 17.1 Å². The van der Waals surface area contributed by atoms with E-state index in [1.807, 2.05) is 11.3 Å². The van der Waals surface area contributed by atoms with Crippen molar-refractivity contribution < 1.29 is 0 Å². The molecule has 7 aromatic carbocycles. The lowest BCUT2D eigenvalue weighted by Gasteiger charge is -2.61. The third-order valence-electron chi connectivity index (χ3n) is 13.6. The molecule has 1 nitrogen and oxygen atoms in total. The summed E-state index contributed by atoms with van der Waals surface area (Å²) in [6.45, 7) is 0. The van der Waals surface area contributed by atoms with E-state index in [2.05, 4.69) is 157 Å². The van der Waals surface area contributed by atoms with Gasteiger partial charge >= 0.3 is 0 Å². The fourth-order valence-corrected chi connectivity index (χ4v) is 13.0. The summed E-state index contributed by atoms with van der Waals surface area (Å²) in [5.74, 6) is 3.34. The van der Waals surface area contributed by atoms with E-state index < -0.39 is 0 Å². The van der Waals surface area contributed by atoms with Crippen LogP contribution >= 0.6 is 11.3 Å². The number of hydrogen-bond acceptors (Lipinski definition) is 2. The molecular formula is C50H39NS. The highest BCUT2D eigenvalue weighted by atomic mass is 32.1. The van der Waals surface area contributed by atoms with Crippen LogP contribution in [0.3, 0.4) is 0 Å². The first-order chi connectivity index (χ1) is 25.7. The summed E-state index contributed by atoms with van der Waals surface area (Å²) in [7, 11) is 0. The van der Waals surface area contributed by atoms with E-state index >= 15 is 0 Å². The molecular weight excluding hydrogens is 647 g/mol. The molecule has 0 radical (unpaired) electrons. The second-order valence-corrected chi connectivity index (χ2v) is 17.2. The standard InChI is InChI=1S/C50H39NS/c1-2-10-40-33(8-1)9-7-13-41(40)34-16-18-37(19-17-34)51(39-21-23-45-44-12-4-6-15-48(44)52-49(45)30-39)38-20-22-43-42-11-3-5-14-46(42)50(47(43)29-38)35-25-31-24-32(27-35)28-36(50)26-31/h1-23,29-32,35-36H,24-28H2. The maximum atomic E-state index is 2.63. The topological polar surface area (TPSA) is 3.24 Å². The SMILES string of the molecule is c1ccc2c(c1)-c1ccc(N(c3ccc(-c4cccc5ccccc45)cc3)c3ccc4c(c3)sc3ccccc34)cc1C21C2CC3CC(C2)CC1C3. The molecule has 52 heavy (non-hydrogen) atoms. The Labute approximate surface area is 309 Å². The Balaban J connectivity index is 1.05. The molecule has 250 valence electrons. The third-order valence-corrected chi connectivity index (χ3v) is 14.8. The zero-order valence-electron chi connectivity index (χ0n) is 29.1. The Morgan fingerprint density at radius 3 is 1.90 bits per heavy atom. The number of anilines is 3. The Morgan fingerprint density at radius 2 is 1.06 bits per heavy atom. The zero-order valence-corrected chi connectivity index (χ0v) is 30.0. The van der Waals surface area contributed by atoms with Crippen LogP contribution in [0.1, 0.15) is 43.2 Å². The summed E-state index contributed by atoms with van der Waals surface area (Å²) < 4.78 is 2.68. The predicted molar refractivity (Wildman–Crippen MR) is 220 cm³/mol. The summed E-state index contributed by atoms with van der Waals surface area (Å²) in [5, 5.41) is 5.26. The normalized spacial score (nSPS) is 23.8. The molecule has 4 saturated carbocycles. The Kier molecular flexibility index (Phi) is 6.17. The summed E-state index contributed by atoms with van der Waals surface area (Å²) in [4.78, 5) is 2.53. The van der Waals surface area contributed by atoms with E-state index in [-0.39, 0.29) is 5.41 Å².